The second-order valence-corrected chi connectivity index (χ2v) is 4.79. The van der Waals surface area contributed by atoms with Crippen LogP contribution in [0.2, 0.25) is 5.02 Å². The summed E-state index contributed by atoms with van der Waals surface area (Å²) in [7, 11) is -2.07. The maximum Gasteiger partial charge on any atom is 0.491 e. The maximum absolute atomic E-state index is 11.4. The van der Waals surface area contributed by atoms with E-state index in [0.29, 0.717) is 15.4 Å². The van der Waals surface area contributed by atoms with Crippen molar-refractivity contribution in [3.8, 4) is 0 Å². The molecule has 6 heteroatoms. The Labute approximate surface area is 89.6 Å². The number of hydrogen-bond acceptors (Lipinski definition) is 3. The summed E-state index contributed by atoms with van der Waals surface area (Å²) in [5, 5.41) is 9.87. The van der Waals surface area contributed by atoms with Crippen LogP contribution in [0.15, 0.2) is 17.0 Å². The van der Waals surface area contributed by atoms with E-state index in [-0.39, 0.29) is 6.61 Å². The van der Waals surface area contributed by atoms with Crippen molar-refractivity contribution in [2.45, 2.75) is 11.5 Å². The topological polar surface area (TPSA) is 46.5 Å². The molecular weight excluding hydrogens is 222 g/mol. The van der Waals surface area contributed by atoms with Gasteiger partial charge in [-0.1, -0.05) is 17.7 Å². The highest BCUT2D eigenvalue weighted by molar-refractivity contribution is 7.84. The third kappa shape index (κ3) is 1.50. The molecule has 1 atom stereocenters. The smallest absolute Gasteiger partial charge is 0.423 e. The van der Waals surface area contributed by atoms with Gasteiger partial charge in [0.15, 0.2) is 0 Å². The molecule has 2 rings (SSSR count). The average Bonchev–Trinajstić information content (AvgIpc) is 2.47. The highest BCUT2D eigenvalue weighted by Gasteiger charge is 2.30. The van der Waals surface area contributed by atoms with Crippen LogP contribution >= 0.6 is 11.6 Å². The number of hydrogen-bond donors (Lipinski definition) is 1. The predicted octanol–water partition coefficient (Wildman–Crippen LogP) is 0.295. The van der Waals surface area contributed by atoms with Gasteiger partial charge in [-0.3, -0.25) is 4.21 Å². The lowest BCUT2D eigenvalue weighted by atomic mass is 9.80. The van der Waals surface area contributed by atoms with Crippen LogP contribution in [0.5, 0.6) is 0 Å². The van der Waals surface area contributed by atoms with Crippen LogP contribution in [0.3, 0.4) is 0 Å². The first kappa shape index (κ1) is 10.2. The van der Waals surface area contributed by atoms with Gasteiger partial charge in [-0.15, -0.1) is 0 Å². The van der Waals surface area contributed by atoms with Gasteiger partial charge in [0.2, 0.25) is 0 Å². The van der Waals surface area contributed by atoms with Crippen LogP contribution in [-0.2, 0) is 22.1 Å². The Morgan fingerprint density at radius 2 is 2.36 bits per heavy atom. The maximum atomic E-state index is 11.4. The Morgan fingerprint density at radius 3 is 3.00 bits per heavy atom. The fourth-order valence-electron chi connectivity index (χ4n) is 1.56. The van der Waals surface area contributed by atoms with Gasteiger partial charge in [-0.25, -0.2) is 0 Å². The molecule has 0 saturated carbocycles. The van der Waals surface area contributed by atoms with Crippen LogP contribution < -0.4 is 5.46 Å². The van der Waals surface area contributed by atoms with E-state index in [2.05, 4.69) is 0 Å². The van der Waals surface area contributed by atoms with Crippen LogP contribution in [0.1, 0.15) is 5.56 Å². The summed E-state index contributed by atoms with van der Waals surface area (Å²) >= 11 is 5.92. The minimum Gasteiger partial charge on any atom is -0.423 e. The molecule has 0 radical (unpaired) electrons. The van der Waals surface area contributed by atoms with Crippen LogP contribution in [0.4, 0.5) is 0 Å². The Kier molecular flexibility index (Phi) is 2.66. The largest absolute Gasteiger partial charge is 0.491 e. The van der Waals surface area contributed by atoms with E-state index in [1.54, 1.807) is 18.4 Å². The summed E-state index contributed by atoms with van der Waals surface area (Å²) < 4.78 is 16.5. The second-order valence-electron chi connectivity index (χ2n) is 3.06. The summed E-state index contributed by atoms with van der Waals surface area (Å²) in [6.07, 6.45) is 1.56. The Morgan fingerprint density at radius 1 is 1.64 bits per heavy atom. The first-order valence-electron chi connectivity index (χ1n) is 4.05. The molecule has 1 unspecified atom stereocenters. The van der Waals surface area contributed by atoms with Crippen molar-refractivity contribution in [3.05, 3.63) is 22.7 Å². The van der Waals surface area contributed by atoms with Crippen LogP contribution in [-0.4, -0.2) is 22.6 Å². The summed E-state index contributed by atoms with van der Waals surface area (Å²) in [6, 6.07) is 3.33. The van der Waals surface area contributed by atoms with Gasteiger partial charge >= 0.3 is 7.12 Å². The molecule has 0 amide bonds. The molecule has 3 nitrogen and oxygen atoms in total. The van der Waals surface area contributed by atoms with Gasteiger partial charge in [0.25, 0.3) is 0 Å². The van der Waals surface area contributed by atoms with E-state index < -0.39 is 17.9 Å². The van der Waals surface area contributed by atoms with Crippen molar-refractivity contribution in [1.82, 2.24) is 0 Å². The second kappa shape index (κ2) is 3.66. The van der Waals surface area contributed by atoms with E-state index >= 15 is 0 Å². The van der Waals surface area contributed by atoms with Gasteiger partial charge < -0.3 is 9.68 Å². The molecule has 1 aromatic rings. The molecule has 1 heterocycles. The average molecular weight is 230 g/mol. The van der Waals surface area contributed by atoms with Gasteiger partial charge in [0.1, 0.15) is 0 Å². The molecule has 74 valence electrons. The van der Waals surface area contributed by atoms with Crippen LogP contribution in [0, 0.1) is 0 Å². The molecule has 0 spiro atoms. The molecule has 0 fully saturated rings. The Hall–Kier alpha value is -0.355. The van der Waals surface area contributed by atoms with Crippen molar-refractivity contribution in [1.29, 1.82) is 0 Å². The quantitative estimate of drug-likeness (QED) is 0.706. The van der Waals surface area contributed by atoms with Crippen molar-refractivity contribution < 1.29 is 13.9 Å². The molecule has 14 heavy (non-hydrogen) atoms. The summed E-state index contributed by atoms with van der Waals surface area (Å²) in [5.41, 5.74) is 1.42. The molecule has 1 N–H and O–H groups in total. The Balaban J connectivity index is 2.65. The standard InChI is InChI=1S/C8H8BClO3S/c1-14(12)8-5-4-13-9(11)6(5)2-3-7(8)10/h2-3,11H,4H2,1H3. The van der Waals surface area contributed by atoms with E-state index in [9.17, 15) is 9.23 Å². The first-order chi connectivity index (χ1) is 6.61. The van der Waals surface area contributed by atoms with E-state index in [0.717, 1.165) is 5.56 Å². The van der Waals surface area contributed by atoms with Gasteiger partial charge in [-0.2, -0.15) is 0 Å². The van der Waals surface area contributed by atoms with E-state index in [4.69, 9.17) is 16.3 Å². The number of fused-ring (bicyclic) bond motifs is 1. The SMILES string of the molecule is CS(=O)c1c(Cl)ccc2c1COB2O. The zero-order valence-corrected chi connectivity index (χ0v) is 9.06. The first-order valence-corrected chi connectivity index (χ1v) is 5.99. The fraction of sp³-hybridized carbons (Fsp3) is 0.250. The molecule has 0 aliphatic carbocycles. The van der Waals surface area contributed by atoms with Gasteiger partial charge in [0, 0.05) is 6.26 Å². The molecule has 0 saturated heterocycles. The predicted molar refractivity (Wildman–Crippen MR) is 56.2 cm³/mol. The van der Waals surface area contributed by atoms with Crippen molar-refractivity contribution in [2.24, 2.45) is 0 Å². The van der Waals surface area contributed by atoms with Crippen LogP contribution in [0.25, 0.3) is 0 Å². The summed E-state index contributed by atoms with van der Waals surface area (Å²) in [6.45, 7) is 0.270. The zero-order chi connectivity index (χ0) is 10.3. The minimum absolute atomic E-state index is 0.270. The molecule has 0 aromatic heterocycles. The third-order valence-electron chi connectivity index (χ3n) is 2.19. The molecule has 1 aromatic carbocycles. The number of halogens is 1. The lowest BCUT2D eigenvalue weighted by Crippen LogP contribution is -2.28. The number of benzene rings is 1. The van der Waals surface area contributed by atoms with Crippen molar-refractivity contribution >= 4 is 35.0 Å². The van der Waals surface area contributed by atoms with Crippen molar-refractivity contribution in [3.63, 3.8) is 0 Å². The number of rotatable bonds is 1. The van der Waals surface area contributed by atoms with Gasteiger partial charge in [-0.05, 0) is 17.1 Å². The molecule has 0 bridgehead atoms. The molecular formula is C8H8BClO3S. The highest BCUT2D eigenvalue weighted by Crippen LogP contribution is 2.25. The fourth-order valence-corrected chi connectivity index (χ4v) is 2.93. The summed E-state index contributed by atoms with van der Waals surface area (Å²) in [5.74, 6) is 0. The van der Waals surface area contributed by atoms with Crippen molar-refractivity contribution in [2.75, 3.05) is 6.26 Å². The normalized spacial score (nSPS) is 16.9. The van der Waals surface area contributed by atoms with E-state index in [1.807, 2.05) is 0 Å². The van der Waals surface area contributed by atoms with Gasteiger partial charge in [0.05, 0.1) is 27.3 Å². The zero-order valence-electron chi connectivity index (χ0n) is 7.49. The monoisotopic (exact) mass is 230 g/mol. The lowest BCUT2D eigenvalue weighted by Gasteiger charge is -2.06. The molecule has 1 aliphatic heterocycles. The molecule has 1 aliphatic rings. The third-order valence-corrected chi connectivity index (χ3v) is 3.66. The van der Waals surface area contributed by atoms with E-state index in [1.165, 1.54) is 0 Å². The minimum atomic E-state index is -1.16. The highest BCUT2D eigenvalue weighted by atomic mass is 35.5. The lowest BCUT2D eigenvalue weighted by molar-refractivity contribution is 0.273. The summed E-state index contributed by atoms with van der Waals surface area (Å²) in [4.78, 5) is 0.570. The Bertz CT molecular complexity index is 410.